The number of hydrogen-bond donors (Lipinski definition) is 2. The summed E-state index contributed by atoms with van der Waals surface area (Å²) in [6, 6.07) is 7.60. The van der Waals surface area contributed by atoms with E-state index in [4.69, 9.17) is 4.42 Å². The van der Waals surface area contributed by atoms with Crippen molar-refractivity contribution < 1.29 is 22.7 Å². The van der Waals surface area contributed by atoms with Crippen molar-refractivity contribution >= 4 is 21.6 Å². The molecule has 0 radical (unpaired) electrons. The number of furan rings is 1. The van der Waals surface area contributed by atoms with Crippen LogP contribution in [0, 0.1) is 5.92 Å². The van der Waals surface area contributed by atoms with Gasteiger partial charge in [0.05, 0.1) is 16.8 Å². The summed E-state index contributed by atoms with van der Waals surface area (Å²) in [5.74, 6) is 0.147. The number of carbonyl (C=O) groups excluding carboxylic acids is 1. The second-order valence-electron chi connectivity index (χ2n) is 6.74. The molecule has 8 heteroatoms. The smallest absolute Gasteiger partial charge is 0.243 e. The molecule has 4 rings (SSSR count). The molecular formula is C18H20N2O5S. The highest BCUT2D eigenvalue weighted by molar-refractivity contribution is 7.89. The Kier molecular flexibility index (Phi) is 4.24. The molecule has 7 nitrogen and oxygen atoms in total. The van der Waals surface area contributed by atoms with E-state index >= 15 is 0 Å². The van der Waals surface area contributed by atoms with Crippen molar-refractivity contribution in [1.29, 1.82) is 0 Å². The Morgan fingerprint density at radius 1 is 1.23 bits per heavy atom. The van der Waals surface area contributed by atoms with Crippen LogP contribution in [0.15, 0.2) is 45.9 Å². The lowest BCUT2D eigenvalue weighted by Gasteiger charge is -2.16. The Morgan fingerprint density at radius 3 is 2.69 bits per heavy atom. The predicted octanol–water partition coefficient (Wildman–Crippen LogP) is 2.51. The Balaban J connectivity index is 1.51. The molecule has 1 aliphatic carbocycles. The lowest BCUT2D eigenvalue weighted by Crippen LogP contribution is -2.28. The van der Waals surface area contributed by atoms with Gasteiger partial charge < -0.3 is 14.8 Å². The first-order valence-corrected chi connectivity index (χ1v) is 10.1. The number of carbonyl (C=O) groups is 1. The summed E-state index contributed by atoms with van der Waals surface area (Å²) < 4.78 is 32.1. The van der Waals surface area contributed by atoms with Crippen LogP contribution < -0.4 is 5.32 Å². The number of anilines is 1. The Morgan fingerprint density at radius 2 is 2.00 bits per heavy atom. The van der Waals surface area contributed by atoms with E-state index in [1.165, 1.54) is 22.5 Å². The molecule has 1 saturated heterocycles. The number of nitrogens with one attached hydrogen (secondary N) is 1. The molecule has 2 fully saturated rings. The van der Waals surface area contributed by atoms with E-state index < -0.39 is 10.0 Å². The second-order valence-corrected chi connectivity index (χ2v) is 8.68. The van der Waals surface area contributed by atoms with Gasteiger partial charge in [-0.25, -0.2) is 8.42 Å². The maximum atomic E-state index is 12.7. The number of aromatic hydroxyl groups is 1. The van der Waals surface area contributed by atoms with E-state index in [1.54, 1.807) is 12.3 Å². The zero-order valence-electron chi connectivity index (χ0n) is 14.1. The Bertz CT molecular complexity index is 917. The summed E-state index contributed by atoms with van der Waals surface area (Å²) in [5.41, 5.74) is 0.111. The maximum Gasteiger partial charge on any atom is 0.243 e. The summed E-state index contributed by atoms with van der Waals surface area (Å²) in [4.78, 5) is 12.5. The number of benzene rings is 1. The number of phenolic OH excluding ortho intramolecular Hbond substituents is 1. The number of nitrogens with zero attached hydrogens (tertiary/aromatic N) is 1. The average Bonchev–Trinajstić information content (AvgIpc) is 3.05. The van der Waals surface area contributed by atoms with E-state index in [0.717, 1.165) is 18.6 Å². The highest BCUT2D eigenvalue weighted by atomic mass is 32.2. The molecule has 1 aromatic carbocycles. The quantitative estimate of drug-likeness (QED) is 0.781. The van der Waals surface area contributed by atoms with Gasteiger partial charge in [-0.05, 0) is 49.6 Å². The molecule has 2 aliphatic rings. The van der Waals surface area contributed by atoms with Crippen molar-refractivity contribution in [3.63, 3.8) is 0 Å². The first-order valence-electron chi connectivity index (χ1n) is 8.64. The Hall–Kier alpha value is -2.32. The van der Waals surface area contributed by atoms with Crippen LogP contribution >= 0.6 is 0 Å². The zero-order valence-corrected chi connectivity index (χ0v) is 14.9. The molecule has 1 amide bonds. The standard InChI is InChI=1S/C18H20N2O5S/c21-16-6-5-12(26(23,24)20-7-1-2-8-20)10-15(16)19-18(22)14-11-13(14)17-4-3-9-25-17/h3-6,9-10,13-14,21H,1-2,7-8,11H2,(H,19,22)/t13-,14+/m1/s1. The topological polar surface area (TPSA) is 99.9 Å². The van der Waals surface area contributed by atoms with E-state index in [-0.39, 0.29) is 34.1 Å². The molecule has 2 heterocycles. The van der Waals surface area contributed by atoms with Crippen LogP contribution in [0.5, 0.6) is 5.75 Å². The van der Waals surface area contributed by atoms with Gasteiger partial charge in [0, 0.05) is 24.9 Å². The molecular weight excluding hydrogens is 356 g/mol. The molecule has 0 spiro atoms. The fourth-order valence-corrected chi connectivity index (χ4v) is 4.92. The van der Waals surface area contributed by atoms with Gasteiger partial charge in [0.2, 0.25) is 15.9 Å². The number of phenols is 1. The minimum atomic E-state index is -3.61. The van der Waals surface area contributed by atoms with E-state index in [2.05, 4.69) is 5.32 Å². The highest BCUT2D eigenvalue weighted by Gasteiger charge is 2.46. The third kappa shape index (κ3) is 3.10. The molecule has 138 valence electrons. The minimum Gasteiger partial charge on any atom is -0.506 e. The van der Waals surface area contributed by atoms with Crippen LogP contribution in [0.3, 0.4) is 0 Å². The molecule has 1 aromatic heterocycles. The fourth-order valence-electron chi connectivity index (χ4n) is 3.38. The fraction of sp³-hybridized carbons (Fsp3) is 0.389. The monoisotopic (exact) mass is 376 g/mol. The van der Waals surface area contributed by atoms with Gasteiger partial charge in [-0.2, -0.15) is 4.31 Å². The number of sulfonamides is 1. The van der Waals surface area contributed by atoms with Gasteiger partial charge in [-0.1, -0.05) is 0 Å². The normalized spacial score (nSPS) is 23.1. The molecule has 2 aromatic rings. The van der Waals surface area contributed by atoms with Crippen molar-refractivity contribution in [2.24, 2.45) is 5.92 Å². The largest absolute Gasteiger partial charge is 0.506 e. The SMILES string of the molecule is O=C(Nc1cc(S(=O)(=O)N2CCCC2)ccc1O)[C@H]1C[C@H]1c1ccco1. The summed E-state index contributed by atoms with van der Waals surface area (Å²) in [6.45, 7) is 0.996. The summed E-state index contributed by atoms with van der Waals surface area (Å²) in [5, 5.41) is 12.7. The molecule has 2 N–H and O–H groups in total. The number of amides is 1. The molecule has 26 heavy (non-hydrogen) atoms. The van der Waals surface area contributed by atoms with Crippen LogP contribution in [-0.4, -0.2) is 36.8 Å². The molecule has 1 saturated carbocycles. The van der Waals surface area contributed by atoms with Gasteiger partial charge >= 0.3 is 0 Å². The summed E-state index contributed by atoms with van der Waals surface area (Å²) in [6.07, 6.45) is 3.93. The van der Waals surface area contributed by atoms with Crippen molar-refractivity contribution in [2.45, 2.75) is 30.1 Å². The summed E-state index contributed by atoms with van der Waals surface area (Å²) in [7, 11) is -3.61. The van der Waals surface area contributed by atoms with Crippen LogP contribution in [0.4, 0.5) is 5.69 Å². The highest BCUT2D eigenvalue weighted by Crippen LogP contribution is 2.48. The number of rotatable bonds is 5. The van der Waals surface area contributed by atoms with Gasteiger partial charge in [0.25, 0.3) is 0 Å². The second kappa shape index (κ2) is 6.44. The van der Waals surface area contributed by atoms with E-state index in [1.807, 2.05) is 6.07 Å². The van der Waals surface area contributed by atoms with Gasteiger partial charge in [0.1, 0.15) is 11.5 Å². The van der Waals surface area contributed by atoms with E-state index in [9.17, 15) is 18.3 Å². The Labute approximate surface area is 151 Å². The molecule has 1 aliphatic heterocycles. The first-order chi connectivity index (χ1) is 12.5. The van der Waals surface area contributed by atoms with Gasteiger partial charge in [-0.15, -0.1) is 0 Å². The van der Waals surface area contributed by atoms with Crippen LogP contribution in [0.2, 0.25) is 0 Å². The minimum absolute atomic E-state index is 0.0312. The predicted molar refractivity (Wildman–Crippen MR) is 94.3 cm³/mol. The first kappa shape index (κ1) is 17.1. The molecule has 0 bridgehead atoms. The van der Waals surface area contributed by atoms with E-state index in [0.29, 0.717) is 19.5 Å². The van der Waals surface area contributed by atoms with Crippen LogP contribution in [-0.2, 0) is 14.8 Å². The van der Waals surface area contributed by atoms with Gasteiger partial charge in [-0.3, -0.25) is 4.79 Å². The third-order valence-electron chi connectivity index (χ3n) is 4.96. The zero-order chi connectivity index (χ0) is 18.3. The third-order valence-corrected chi connectivity index (χ3v) is 6.86. The lowest BCUT2D eigenvalue weighted by atomic mass is 10.2. The van der Waals surface area contributed by atoms with Crippen molar-refractivity contribution in [1.82, 2.24) is 4.31 Å². The van der Waals surface area contributed by atoms with Crippen molar-refractivity contribution in [3.8, 4) is 5.75 Å². The van der Waals surface area contributed by atoms with Gasteiger partial charge in [0.15, 0.2) is 0 Å². The molecule has 2 atom stereocenters. The maximum absolute atomic E-state index is 12.7. The van der Waals surface area contributed by atoms with Crippen LogP contribution in [0.1, 0.15) is 30.9 Å². The van der Waals surface area contributed by atoms with Crippen molar-refractivity contribution in [2.75, 3.05) is 18.4 Å². The summed E-state index contributed by atoms with van der Waals surface area (Å²) >= 11 is 0. The van der Waals surface area contributed by atoms with Crippen molar-refractivity contribution in [3.05, 3.63) is 42.4 Å². The molecule has 0 unspecified atom stereocenters. The van der Waals surface area contributed by atoms with Crippen LogP contribution in [0.25, 0.3) is 0 Å². The average molecular weight is 376 g/mol. The lowest BCUT2D eigenvalue weighted by molar-refractivity contribution is -0.117. The number of hydrogen-bond acceptors (Lipinski definition) is 5.